The number of hydrazone groups is 1. The molecule has 1 aromatic carbocycles. The van der Waals surface area contributed by atoms with Crippen molar-refractivity contribution in [3.05, 3.63) is 41.0 Å². The van der Waals surface area contributed by atoms with Crippen LogP contribution in [0, 0.1) is 0 Å². The summed E-state index contributed by atoms with van der Waals surface area (Å²) in [5.74, 6) is -0.411. The number of nitrogens with zero attached hydrogens (tertiary/aromatic N) is 3. The third-order valence-corrected chi connectivity index (χ3v) is 4.35. The van der Waals surface area contributed by atoms with E-state index in [0.29, 0.717) is 16.6 Å². The van der Waals surface area contributed by atoms with Crippen LogP contribution in [0.25, 0.3) is 10.9 Å². The van der Waals surface area contributed by atoms with Gasteiger partial charge in [-0.05, 0) is 12.5 Å². The van der Waals surface area contributed by atoms with Gasteiger partial charge in [0, 0.05) is 29.1 Å². The molecule has 0 aliphatic carbocycles. The minimum Gasteiger partial charge on any atom is -0.361 e. The van der Waals surface area contributed by atoms with Crippen molar-refractivity contribution in [2.45, 2.75) is 26.2 Å². The topological polar surface area (TPSA) is 112 Å². The molecule has 3 N–H and O–H groups in total. The third kappa shape index (κ3) is 4.51. The van der Waals surface area contributed by atoms with Gasteiger partial charge in [-0.2, -0.15) is 5.10 Å². The number of benzene rings is 1. The van der Waals surface area contributed by atoms with Gasteiger partial charge in [-0.3, -0.25) is 9.59 Å². The molecular formula is C17H18N6O2S. The van der Waals surface area contributed by atoms with Gasteiger partial charge in [-0.1, -0.05) is 36.5 Å². The van der Waals surface area contributed by atoms with E-state index in [2.05, 4.69) is 31.0 Å². The van der Waals surface area contributed by atoms with E-state index in [4.69, 9.17) is 0 Å². The number of rotatable bonds is 7. The van der Waals surface area contributed by atoms with Crippen molar-refractivity contribution in [3.8, 4) is 0 Å². The van der Waals surface area contributed by atoms with Crippen LogP contribution in [0.5, 0.6) is 0 Å². The number of aromatic amines is 1. The molecule has 0 saturated carbocycles. The second-order valence-corrected chi connectivity index (χ2v) is 6.62. The Morgan fingerprint density at radius 3 is 2.96 bits per heavy atom. The average Bonchev–Trinajstić information content (AvgIpc) is 3.22. The summed E-state index contributed by atoms with van der Waals surface area (Å²) in [6.45, 7) is 1.92. The molecule has 0 radical (unpaired) electrons. The van der Waals surface area contributed by atoms with Gasteiger partial charge in [0.05, 0.1) is 12.6 Å². The SMILES string of the molecule is CCCC(=O)Nc1nnc(CC(=O)N/N=C/c2c[nH]c3ccccc23)s1. The predicted octanol–water partition coefficient (Wildman–Crippen LogP) is 2.45. The fourth-order valence-electron chi connectivity index (χ4n) is 2.34. The fourth-order valence-corrected chi connectivity index (χ4v) is 3.09. The predicted molar refractivity (Wildman–Crippen MR) is 101 cm³/mol. The van der Waals surface area contributed by atoms with Crippen LogP contribution in [0.2, 0.25) is 0 Å². The van der Waals surface area contributed by atoms with E-state index in [9.17, 15) is 9.59 Å². The Morgan fingerprint density at radius 2 is 2.12 bits per heavy atom. The zero-order chi connectivity index (χ0) is 18.4. The Morgan fingerprint density at radius 1 is 1.27 bits per heavy atom. The molecule has 0 aliphatic rings. The molecule has 134 valence electrons. The zero-order valence-electron chi connectivity index (χ0n) is 14.2. The summed E-state index contributed by atoms with van der Waals surface area (Å²) in [5, 5.41) is 16.3. The first-order valence-corrected chi connectivity index (χ1v) is 8.97. The van der Waals surface area contributed by atoms with Crippen LogP contribution in [-0.4, -0.2) is 33.2 Å². The Kier molecular flexibility index (Phi) is 5.69. The van der Waals surface area contributed by atoms with Crippen molar-refractivity contribution < 1.29 is 9.59 Å². The maximum atomic E-state index is 12.0. The van der Waals surface area contributed by atoms with Crippen molar-refractivity contribution in [1.29, 1.82) is 0 Å². The highest BCUT2D eigenvalue weighted by Crippen LogP contribution is 2.17. The molecule has 2 amide bonds. The summed E-state index contributed by atoms with van der Waals surface area (Å²) in [4.78, 5) is 26.6. The summed E-state index contributed by atoms with van der Waals surface area (Å²) in [5.41, 5.74) is 4.37. The van der Waals surface area contributed by atoms with Gasteiger partial charge in [0.1, 0.15) is 5.01 Å². The molecule has 26 heavy (non-hydrogen) atoms. The zero-order valence-corrected chi connectivity index (χ0v) is 15.0. The summed E-state index contributed by atoms with van der Waals surface area (Å²) in [7, 11) is 0. The number of fused-ring (bicyclic) bond motifs is 1. The lowest BCUT2D eigenvalue weighted by atomic mass is 10.2. The second kappa shape index (κ2) is 8.34. The fraction of sp³-hybridized carbons (Fsp3) is 0.235. The van der Waals surface area contributed by atoms with Crippen LogP contribution in [0.3, 0.4) is 0 Å². The van der Waals surface area contributed by atoms with Gasteiger partial charge < -0.3 is 10.3 Å². The molecule has 8 nitrogen and oxygen atoms in total. The Bertz CT molecular complexity index is 946. The second-order valence-electron chi connectivity index (χ2n) is 5.56. The monoisotopic (exact) mass is 370 g/mol. The van der Waals surface area contributed by atoms with Crippen LogP contribution in [-0.2, 0) is 16.0 Å². The molecule has 9 heteroatoms. The number of amides is 2. The third-order valence-electron chi connectivity index (χ3n) is 3.52. The lowest BCUT2D eigenvalue weighted by Gasteiger charge is -1.97. The van der Waals surface area contributed by atoms with Crippen molar-refractivity contribution in [2.24, 2.45) is 5.10 Å². The van der Waals surface area contributed by atoms with Gasteiger partial charge in [-0.15, -0.1) is 10.2 Å². The largest absolute Gasteiger partial charge is 0.361 e. The van der Waals surface area contributed by atoms with E-state index in [1.54, 1.807) is 6.21 Å². The smallest absolute Gasteiger partial charge is 0.247 e. The number of carbonyl (C=O) groups is 2. The lowest BCUT2D eigenvalue weighted by molar-refractivity contribution is -0.120. The Hall–Kier alpha value is -3.07. The first-order chi connectivity index (χ1) is 12.7. The molecule has 3 aromatic rings. The molecule has 0 bridgehead atoms. The number of hydrogen-bond acceptors (Lipinski definition) is 6. The maximum absolute atomic E-state index is 12.0. The standard InChI is InChI=1S/C17H18N6O2S/c1-2-5-14(24)20-17-23-22-16(26-17)8-15(25)21-19-10-11-9-18-13-7-4-3-6-12(11)13/h3-4,6-7,9-10,18H,2,5,8H2,1H3,(H,21,25)(H,20,23,24)/b19-10+. The summed E-state index contributed by atoms with van der Waals surface area (Å²) in [6.07, 6.45) is 4.66. The highest BCUT2D eigenvalue weighted by atomic mass is 32.1. The molecule has 2 heterocycles. The normalized spacial score (nSPS) is 11.1. The molecular weight excluding hydrogens is 352 g/mol. The van der Waals surface area contributed by atoms with Crippen molar-refractivity contribution in [3.63, 3.8) is 0 Å². The maximum Gasteiger partial charge on any atom is 0.247 e. The highest BCUT2D eigenvalue weighted by Gasteiger charge is 2.11. The van der Waals surface area contributed by atoms with Crippen LogP contribution >= 0.6 is 11.3 Å². The van der Waals surface area contributed by atoms with E-state index in [-0.39, 0.29) is 18.2 Å². The van der Waals surface area contributed by atoms with Crippen LogP contribution in [0.1, 0.15) is 30.3 Å². The van der Waals surface area contributed by atoms with Crippen LogP contribution in [0.15, 0.2) is 35.6 Å². The first-order valence-electron chi connectivity index (χ1n) is 8.16. The van der Waals surface area contributed by atoms with Gasteiger partial charge >= 0.3 is 0 Å². The Balaban J connectivity index is 1.53. The van der Waals surface area contributed by atoms with Crippen LogP contribution < -0.4 is 10.7 Å². The van der Waals surface area contributed by atoms with E-state index in [1.165, 1.54) is 11.3 Å². The molecule has 0 unspecified atom stereocenters. The number of hydrogen-bond donors (Lipinski definition) is 3. The summed E-state index contributed by atoms with van der Waals surface area (Å²) < 4.78 is 0. The van der Waals surface area contributed by atoms with E-state index in [1.807, 2.05) is 37.4 Å². The highest BCUT2D eigenvalue weighted by molar-refractivity contribution is 7.15. The summed E-state index contributed by atoms with van der Waals surface area (Å²) in [6, 6.07) is 7.84. The number of nitrogens with one attached hydrogen (secondary N) is 3. The van der Waals surface area contributed by atoms with Crippen molar-refractivity contribution in [2.75, 3.05) is 5.32 Å². The van der Waals surface area contributed by atoms with Crippen molar-refractivity contribution >= 4 is 45.4 Å². The number of para-hydroxylation sites is 1. The Labute approximate surface area is 153 Å². The number of H-pyrrole nitrogens is 1. The minimum atomic E-state index is -0.302. The van der Waals surface area contributed by atoms with Gasteiger partial charge in [-0.25, -0.2) is 5.43 Å². The number of aromatic nitrogens is 3. The molecule has 3 rings (SSSR count). The van der Waals surface area contributed by atoms with E-state index >= 15 is 0 Å². The quantitative estimate of drug-likeness (QED) is 0.438. The van der Waals surface area contributed by atoms with Gasteiger partial charge in [0.2, 0.25) is 16.9 Å². The number of carbonyl (C=O) groups excluding carboxylic acids is 2. The average molecular weight is 370 g/mol. The minimum absolute atomic E-state index is 0.0482. The molecule has 0 fully saturated rings. The summed E-state index contributed by atoms with van der Waals surface area (Å²) >= 11 is 1.18. The first kappa shape index (κ1) is 17.7. The molecule has 0 saturated heterocycles. The molecule has 0 spiro atoms. The lowest BCUT2D eigenvalue weighted by Crippen LogP contribution is -2.19. The van der Waals surface area contributed by atoms with Gasteiger partial charge in [0.15, 0.2) is 0 Å². The number of anilines is 1. The van der Waals surface area contributed by atoms with Crippen molar-refractivity contribution in [1.82, 2.24) is 20.6 Å². The van der Waals surface area contributed by atoms with Crippen LogP contribution in [0.4, 0.5) is 5.13 Å². The molecule has 0 aliphatic heterocycles. The van der Waals surface area contributed by atoms with E-state index in [0.717, 1.165) is 22.9 Å². The molecule has 0 atom stereocenters. The van der Waals surface area contributed by atoms with E-state index < -0.39 is 0 Å². The van der Waals surface area contributed by atoms with Gasteiger partial charge in [0.25, 0.3) is 0 Å². The molecule has 2 aromatic heterocycles.